The van der Waals surface area contributed by atoms with Gasteiger partial charge >= 0.3 is 0 Å². The lowest BCUT2D eigenvalue weighted by Gasteiger charge is -2.54. The topological polar surface area (TPSA) is 105 Å². The summed E-state index contributed by atoms with van der Waals surface area (Å²) in [6.07, 6.45) is 1.77. The van der Waals surface area contributed by atoms with E-state index in [2.05, 4.69) is 26.9 Å². The molecule has 2 amide bonds. The average molecular weight is 480 g/mol. The number of aromatic amines is 1. The molecule has 6 rings (SSSR count). The summed E-state index contributed by atoms with van der Waals surface area (Å²) in [5, 5.41) is 1.59. The first kappa shape index (κ1) is 21.6. The highest BCUT2D eigenvalue weighted by Gasteiger charge is 2.47. The van der Waals surface area contributed by atoms with Crippen LogP contribution in [-0.4, -0.2) is 52.8 Å². The lowest BCUT2D eigenvalue weighted by Crippen LogP contribution is -2.62. The van der Waals surface area contributed by atoms with Crippen molar-refractivity contribution in [3.8, 4) is 0 Å². The fourth-order valence-corrected chi connectivity index (χ4v) is 5.40. The number of carbonyl (C=O) groups is 2. The fourth-order valence-electron chi connectivity index (χ4n) is 5.22. The van der Waals surface area contributed by atoms with E-state index in [1.165, 1.54) is 0 Å². The van der Waals surface area contributed by atoms with Crippen molar-refractivity contribution in [1.82, 2.24) is 36.7 Å². The molecule has 3 aliphatic rings. The first-order valence-corrected chi connectivity index (χ1v) is 11.9. The smallest absolute Gasteiger partial charge is 0.270 e. The number of benzene rings is 2. The highest BCUT2D eigenvalue weighted by Crippen LogP contribution is 2.41. The number of H-pyrrole nitrogens is 1. The molecule has 0 radical (unpaired) electrons. The summed E-state index contributed by atoms with van der Waals surface area (Å²) in [5.41, 5.74) is 15.0. The maximum Gasteiger partial charge on any atom is 0.270 e. The normalized spacial score (nSPS) is 20.1. The van der Waals surface area contributed by atoms with E-state index in [1.807, 2.05) is 58.3 Å². The van der Waals surface area contributed by atoms with Gasteiger partial charge in [-0.25, -0.2) is 10.9 Å². The Hall–Kier alpha value is -2.95. The van der Waals surface area contributed by atoms with Crippen LogP contribution >= 0.6 is 11.6 Å². The first-order chi connectivity index (χ1) is 16.5. The van der Waals surface area contributed by atoms with Crippen molar-refractivity contribution in [2.24, 2.45) is 5.41 Å². The maximum absolute atomic E-state index is 13.0. The lowest BCUT2D eigenvalue weighted by atomic mass is 9.71. The summed E-state index contributed by atoms with van der Waals surface area (Å²) in [5.74, 6) is 0.0853. The second-order valence-electron chi connectivity index (χ2n) is 9.46. The van der Waals surface area contributed by atoms with Gasteiger partial charge in [0.05, 0.1) is 0 Å². The number of fused-ring (bicyclic) bond motifs is 1. The molecule has 1 aromatic heterocycles. The first-order valence-electron chi connectivity index (χ1n) is 11.5. The number of halogens is 1. The minimum absolute atomic E-state index is 0.0196. The van der Waals surface area contributed by atoms with Gasteiger partial charge < -0.3 is 14.8 Å². The fraction of sp³-hybridized carbons (Fsp3) is 0.333. The Morgan fingerprint density at radius 1 is 0.882 bits per heavy atom. The number of rotatable bonds is 3. The van der Waals surface area contributed by atoms with E-state index >= 15 is 0 Å². The molecule has 9 nitrogen and oxygen atoms in total. The Bertz CT molecular complexity index is 1240. The van der Waals surface area contributed by atoms with Crippen LogP contribution in [0.25, 0.3) is 10.9 Å². The molecule has 0 bridgehead atoms. The van der Waals surface area contributed by atoms with Crippen molar-refractivity contribution in [2.45, 2.75) is 19.0 Å². The van der Waals surface area contributed by atoms with Gasteiger partial charge in [-0.05, 0) is 54.8 Å². The molecule has 2 aromatic carbocycles. The predicted molar refractivity (Wildman–Crippen MR) is 129 cm³/mol. The SMILES string of the molecule is O=C(c1ccc(C2NNNN2)cc1)N1CC2(CCN(C(=O)c3cc4cc(Cl)ccc4[nH]3)CC2)C1. The van der Waals surface area contributed by atoms with E-state index in [4.69, 9.17) is 11.6 Å². The summed E-state index contributed by atoms with van der Waals surface area (Å²) in [6, 6.07) is 15.1. The minimum atomic E-state index is -0.0495. The number of carbonyl (C=O) groups excluding carboxylic acids is 2. The van der Waals surface area contributed by atoms with Gasteiger partial charge in [0.1, 0.15) is 11.9 Å². The summed E-state index contributed by atoms with van der Waals surface area (Å²) < 4.78 is 0. The Labute approximate surface area is 201 Å². The monoisotopic (exact) mass is 479 g/mol. The quantitative estimate of drug-likeness (QED) is 0.395. The molecule has 5 N–H and O–H groups in total. The van der Waals surface area contributed by atoms with Gasteiger partial charge in [-0.3, -0.25) is 9.59 Å². The third-order valence-electron chi connectivity index (χ3n) is 7.25. The number of aromatic nitrogens is 1. The molecule has 3 saturated heterocycles. The Morgan fingerprint density at radius 2 is 1.59 bits per heavy atom. The van der Waals surface area contributed by atoms with Gasteiger partial charge in [0.2, 0.25) is 0 Å². The third-order valence-corrected chi connectivity index (χ3v) is 7.49. The van der Waals surface area contributed by atoms with Crippen LogP contribution in [0.4, 0.5) is 0 Å². The minimum Gasteiger partial charge on any atom is -0.351 e. The van der Waals surface area contributed by atoms with Crippen molar-refractivity contribution in [3.63, 3.8) is 0 Å². The van der Waals surface area contributed by atoms with Gasteiger partial charge in [-0.15, -0.1) is 0 Å². The molecule has 0 atom stereocenters. The van der Waals surface area contributed by atoms with Gasteiger partial charge in [-0.2, -0.15) is 11.1 Å². The van der Waals surface area contributed by atoms with Crippen LogP contribution in [0.1, 0.15) is 45.4 Å². The van der Waals surface area contributed by atoms with Gasteiger partial charge in [0.25, 0.3) is 11.8 Å². The molecule has 3 fully saturated rings. The van der Waals surface area contributed by atoms with E-state index in [9.17, 15) is 9.59 Å². The van der Waals surface area contributed by atoms with Crippen LogP contribution in [0, 0.1) is 5.41 Å². The largest absolute Gasteiger partial charge is 0.351 e. The number of amides is 2. The van der Waals surface area contributed by atoms with E-state index in [-0.39, 0.29) is 23.4 Å². The summed E-state index contributed by atoms with van der Waals surface area (Å²) in [6.45, 7) is 2.91. The van der Waals surface area contributed by atoms with Gasteiger partial charge in [0, 0.05) is 53.1 Å². The standard InChI is InChI=1S/C24H26ClN7O2/c25-18-5-6-19-17(11-18)12-20(26-19)23(34)31-9-7-24(8-10-31)13-32(14-24)22(33)16-3-1-15(2-4-16)21-27-29-30-28-21/h1-6,11-12,21,26-30H,7-10,13-14H2. The third kappa shape index (κ3) is 3.85. The summed E-state index contributed by atoms with van der Waals surface area (Å²) >= 11 is 6.07. The molecule has 1 spiro atoms. The van der Waals surface area contributed by atoms with E-state index in [0.717, 1.165) is 42.4 Å². The number of hydrogen-bond acceptors (Lipinski definition) is 6. The Kier molecular flexibility index (Phi) is 5.31. The van der Waals surface area contributed by atoms with Crippen molar-refractivity contribution in [1.29, 1.82) is 0 Å². The number of piperidine rings is 1. The number of nitrogens with one attached hydrogen (secondary N) is 5. The molecule has 0 unspecified atom stereocenters. The second kappa shape index (κ2) is 8.37. The molecule has 3 aromatic rings. The van der Waals surface area contributed by atoms with E-state index in [1.54, 1.807) is 0 Å². The average Bonchev–Trinajstić information content (AvgIpc) is 3.52. The van der Waals surface area contributed by atoms with Gasteiger partial charge in [0.15, 0.2) is 0 Å². The highest BCUT2D eigenvalue weighted by atomic mass is 35.5. The van der Waals surface area contributed by atoms with Crippen molar-refractivity contribution >= 4 is 34.3 Å². The number of likely N-dealkylation sites (tertiary alicyclic amines) is 2. The highest BCUT2D eigenvalue weighted by molar-refractivity contribution is 6.31. The summed E-state index contributed by atoms with van der Waals surface area (Å²) in [7, 11) is 0. The zero-order chi connectivity index (χ0) is 23.3. The molecule has 4 heterocycles. The van der Waals surface area contributed by atoms with Crippen LogP contribution in [0.5, 0.6) is 0 Å². The van der Waals surface area contributed by atoms with Crippen molar-refractivity contribution < 1.29 is 9.59 Å². The van der Waals surface area contributed by atoms with Crippen LogP contribution in [0.15, 0.2) is 48.5 Å². The maximum atomic E-state index is 13.0. The van der Waals surface area contributed by atoms with Crippen LogP contribution in [-0.2, 0) is 0 Å². The van der Waals surface area contributed by atoms with Crippen LogP contribution < -0.4 is 21.9 Å². The Morgan fingerprint density at radius 3 is 2.29 bits per heavy atom. The van der Waals surface area contributed by atoms with Crippen LogP contribution in [0.2, 0.25) is 5.02 Å². The molecular weight excluding hydrogens is 454 g/mol. The zero-order valence-electron chi connectivity index (χ0n) is 18.5. The van der Waals surface area contributed by atoms with Crippen LogP contribution in [0.3, 0.4) is 0 Å². The van der Waals surface area contributed by atoms with Crippen molar-refractivity contribution in [3.05, 3.63) is 70.4 Å². The summed E-state index contributed by atoms with van der Waals surface area (Å²) in [4.78, 5) is 33.0. The number of nitrogens with zero attached hydrogens (tertiary/aromatic N) is 2. The molecule has 176 valence electrons. The lowest BCUT2D eigenvalue weighted by molar-refractivity contribution is -0.0288. The van der Waals surface area contributed by atoms with Crippen molar-refractivity contribution in [2.75, 3.05) is 26.2 Å². The molecule has 0 saturated carbocycles. The second-order valence-corrected chi connectivity index (χ2v) is 9.90. The van der Waals surface area contributed by atoms with E-state index in [0.29, 0.717) is 29.4 Å². The number of hydrogen-bond donors (Lipinski definition) is 5. The zero-order valence-corrected chi connectivity index (χ0v) is 19.3. The van der Waals surface area contributed by atoms with Gasteiger partial charge in [-0.1, -0.05) is 23.7 Å². The molecule has 34 heavy (non-hydrogen) atoms. The Balaban J connectivity index is 1.04. The van der Waals surface area contributed by atoms with E-state index < -0.39 is 0 Å². The molecule has 10 heteroatoms. The molecule has 0 aliphatic carbocycles. The molecular formula is C24H26ClN7O2. The number of hydrazine groups is 3. The molecule has 3 aliphatic heterocycles. The predicted octanol–water partition coefficient (Wildman–Crippen LogP) is 2.32.